The fraction of sp³-hybridized carbons (Fsp3) is 0.538. The highest BCUT2D eigenvalue weighted by molar-refractivity contribution is 9.10. The third-order valence-electron chi connectivity index (χ3n) is 3.15. The van der Waals surface area contributed by atoms with Gasteiger partial charge < -0.3 is 9.47 Å². The molecule has 1 saturated heterocycles. The lowest BCUT2D eigenvalue weighted by molar-refractivity contribution is -0.0440. The van der Waals surface area contributed by atoms with Crippen LogP contribution in [0.25, 0.3) is 0 Å². The zero-order chi connectivity index (χ0) is 14.9. The molecule has 1 aromatic carbocycles. The van der Waals surface area contributed by atoms with Crippen molar-refractivity contribution in [2.75, 3.05) is 20.2 Å². The molecule has 0 amide bonds. The number of ether oxygens (including phenoxy) is 2. The molecule has 0 aliphatic carbocycles. The van der Waals surface area contributed by atoms with E-state index in [-0.39, 0.29) is 17.1 Å². The second-order valence-corrected chi connectivity index (χ2v) is 7.67. The lowest BCUT2D eigenvalue weighted by Crippen LogP contribution is -2.48. The average Bonchev–Trinajstić information content (AvgIpc) is 2.37. The lowest BCUT2D eigenvalue weighted by atomic mass is 10.3. The second kappa shape index (κ2) is 6.01. The highest BCUT2D eigenvalue weighted by Crippen LogP contribution is 2.29. The van der Waals surface area contributed by atoms with E-state index >= 15 is 0 Å². The standard InChI is InChI=1S/C13H18BrNO4S/c1-9-7-15(8-10(2)19-9)20(16,17)11-4-5-13(18-3)12(14)6-11/h4-6,9-10H,7-8H2,1-3H3/t9-,10-/m1/s1. The minimum absolute atomic E-state index is 0.102. The summed E-state index contributed by atoms with van der Waals surface area (Å²) in [5.41, 5.74) is 0. The van der Waals surface area contributed by atoms with Crippen molar-refractivity contribution in [2.24, 2.45) is 0 Å². The van der Waals surface area contributed by atoms with Crippen LogP contribution in [0.1, 0.15) is 13.8 Å². The predicted octanol–water partition coefficient (Wildman–Crippen LogP) is 2.26. The summed E-state index contributed by atoms with van der Waals surface area (Å²) in [4.78, 5) is 0.256. The van der Waals surface area contributed by atoms with Gasteiger partial charge in [0.25, 0.3) is 0 Å². The van der Waals surface area contributed by atoms with Crippen molar-refractivity contribution in [3.05, 3.63) is 22.7 Å². The van der Waals surface area contributed by atoms with E-state index in [2.05, 4.69) is 15.9 Å². The number of sulfonamides is 1. The first-order valence-electron chi connectivity index (χ1n) is 6.33. The summed E-state index contributed by atoms with van der Waals surface area (Å²) in [6, 6.07) is 4.77. The molecule has 1 aliphatic heterocycles. The molecule has 7 heteroatoms. The number of halogens is 1. The molecule has 0 saturated carbocycles. The van der Waals surface area contributed by atoms with Crippen LogP contribution in [0.2, 0.25) is 0 Å². The van der Waals surface area contributed by atoms with Crippen LogP contribution in [0, 0.1) is 0 Å². The molecule has 5 nitrogen and oxygen atoms in total. The minimum atomic E-state index is -3.51. The summed E-state index contributed by atoms with van der Waals surface area (Å²) in [6.07, 6.45) is -0.203. The number of methoxy groups -OCH3 is 1. The van der Waals surface area contributed by atoms with E-state index in [1.165, 1.54) is 4.31 Å². The Morgan fingerprint density at radius 3 is 2.40 bits per heavy atom. The van der Waals surface area contributed by atoms with Crippen LogP contribution < -0.4 is 4.74 Å². The van der Waals surface area contributed by atoms with E-state index < -0.39 is 10.0 Å². The van der Waals surface area contributed by atoms with Gasteiger partial charge >= 0.3 is 0 Å². The van der Waals surface area contributed by atoms with E-state index in [1.54, 1.807) is 25.3 Å². The van der Waals surface area contributed by atoms with Crippen molar-refractivity contribution >= 4 is 26.0 Å². The van der Waals surface area contributed by atoms with Gasteiger partial charge in [-0.1, -0.05) is 0 Å². The Labute approximate surface area is 128 Å². The fourth-order valence-corrected chi connectivity index (χ4v) is 4.59. The Morgan fingerprint density at radius 1 is 1.30 bits per heavy atom. The van der Waals surface area contributed by atoms with Gasteiger partial charge in [0.1, 0.15) is 5.75 Å². The topological polar surface area (TPSA) is 55.8 Å². The van der Waals surface area contributed by atoms with Gasteiger partial charge in [0, 0.05) is 13.1 Å². The monoisotopic (exact) mass is 363 g/mol. The number of rotatable bonds is 3. The molecule has 1 heterocycles. The number of nitrogens with zero attached hydrogens (tertiary/aromatic N) is 1. The van der Waals surface area contributed by atoms with Gasteiger partial charge in [0.15, 0.2) is 0 Å². The van der Waals surface area contributed by atoms with E-state index in [4.69, 9.17) is 9.47 Å². The minimum Gasteiger partial charge on any atom is -0.496 e. The lowest BCUT2D eigenvalue weighted by Gasteiger charge is -2.34. The molecule has 2 rings (SSSR count). The second-order valence-electron chi connectivity index (χ2n) is 4.88. The number of hydrogen-bond donors (Lipinski definition) is 0. The van der Waals surface area contributed by atoms with Gasteiger partial charge in [-0.05, 0) is 48.0 Å². The molecule has 0 spiro atoms. The summed E-state index contributed by atoms with van der Waals surface area (Å²) >= 11 is 3.31. The number of benzene rings is 1. The summed E-state index contributed by atoms with van der Waals surface area (Å²) < 4.78 is 38.1. The van der Waals surface area contributed by atoms with Crippen LogP contribution in [0.3, 0.4) is 0 Å². The van der Waals surface area contributed by atoms with Crippen LogP contribution in [0.15, 0.2) is 27.6 Å². The first-order chi connectivity index (χ1) is 9.34. The van der Waals surface area contributed by atoms with Crippen molar-refractivity contribution in [3.8, 4) is 5.75 Å². The molecule has 0 unspecified atom stereocenters. The van der Waals surface area contributed by atoms with E-state index in [9.17, 15) is 8.42 Å². The van der Waals surface area contributed by atoms with Gasteiger partial charge in [-0.3, -0.25) is 0 Å². The maximum Gasteiger partial charge on any atom is 0.243 e. The Kier molecular flexibility index (Phi) is 4.73. The SMILES string of the molecule is COc1ccc(S(=O)(=O)N2C[C@@H](C)O[C@H](C)C2)cc1Br. The number of hydrogen-bond acceptors (Lipinski definition) is 4. The molecule has 1 aromatic rings. The molecule has 0 N–H and O–H groups in total. The fourth-order valence-electron chi connectivity index (χ4n) is 2.28. The predicted molar refractivity (Wildman–Crippen MR) is 79.5 cm³/mol. The van der Waals surface area contributed by atoms with E-state index in [1.807, 2.05) is 13.8 Å². The van der Waals surface area contributed by atoms with Crippen molar-refractivity contribution in [2.45, 2.75) is 31.0 Å². The molecule has 112 valence electrons. The third kappa shape index (κ3) is 3.16. The summed E-state index contributed by atoms with van der Waals surface area (Å²) in [7, 11) is -1.97. The largest absolute Gasteiger partial charge is 0.496 e. The van der Waals surface area contributed by atoms with Crippen LogP contribution in [-0.2, 0) is 14.8 Å². The number of morpholine rings is 1. The first-order valence-corrected chi connectivity index (χ1v) is 8.57. The molecule has 2 atom stereocenters. The van der Waals surface area contributed by atoms with Crippen LogP contribution in [0.5, 0.6) is 5.75 Å². The van der Waals surface area contributed by atoms with Crippen molar-refractivity contribution in [3.63, 3.8) is 0 Å². The molecule has 0 radical (unpaired) electrons. The first kappa shape index (κ1) is 15.8. The molecule has 1 fully saturated rings. The maximum atomic E-state index is 12.6. The van der Waals surface area contributed by atoms with Gasteiger partial charge in [-0.25, -0.2) is 8.42 Å². The molecule has 0 aromatic heterocycles. The summed E-state index contributed by atoms with van der Waals surface area (Å²) in [5, 5.41) is 0. The van der Waals surface area contributed by atoms with Crippen LogP contribution in [0.4, 0.5) is 0 Å². The van der Waals surface area contributed by atoms with Gasteiger partial charge in [0.2, 0.25) is 10.0 Å². The van der Waals surface area contributed by atoms with Crippen molar-refractivity contribution in [1.82, 2.24) is 4.31 Å². The van der Waals surface area contributed by atoms with Crippen molar-refractivity contribution < 1.29 is 17.9 Å². The zero-order valence-corrected chi connectivity index (χ0v) is 14.1. The summed E-state index contributed by atoms with van der Waals surface area (Å²) in [6.45, 7) is 4.50. The Hall–Kier alpha value is -0.630. The van der Waals surface area contributed by atoms with Crippen LogP contribution in [-0.4, -0.2) is 45.1 Å². The quantitative estimate of drug-likeness (QED) is 0.826. The van der Waals surface area contributed by atoms with Crippen molar-refractivity contribution in [1.29, 1.82) is 0 Å². The Bertz CT molecular complexity index is 580. The molecular formula is C13H18BrNO4S. The van der Waals surface area contributed by atoms with E-state index in [0.29, 0.717) is 23.3 Å². The third-order valence-corrected chi connectivity index (χ3v) is 5.59. The van der Waals surface area contributed by atoms with Gasteiger partial charge in [-0.2, -0.15) is 4.31 Å². The molecular weight excluding hydrogens is 346 g/mol. The Balaban J connectivity index is 2.32. The Morgan fingerprint density at radius 2 is 1.90 bits per heavy atom. The zero-order valence-electron chi connectivity index (χ0n) is 11.7. The van der Waals surface area contributed by atoms with E-state index in [0.717, 1.165) is 0 Å². The van der Waals surface area contributed by atoms with Gasteiger partial charge in [0.05, 0.1) is 28.7 Å². The molecule has 20 heavy (non-hydrogen) atoms. The van der Waals surface area contributed by atoms with Gasteiger partial charge in [-0.15, -0.1) is 0 Å². The normalized spacial score (nSPS) is 24.6. The maximum absolute atomic E-state index is 12.6. The smallest absolute Gasteiger partial charge is 0.243 e. The summed E-state index contributed by atoms with van der Waals surface area (Å²) in [5.74, 6) is 0.604. The molecule has 1 aliphatic rings. The highest BCUT2D eigenvalue weighted by Gasteiger charge is 2.32. The molecule has 0 bridgehead atoms. The highest BCUT2D eigenvalue weighted by atomic mass is 79.9. The van der Waals surface area contributed by atoms with Crippen LogP contribution >= 0.6 is 15.9 Å². The average molecular weight is 364 g/mol.